The molecule has 0 aliphatic carbocycles. The summed E-state index contributed by atoms with van der Waals surface area (Å²) in [5, 5.41) is 0. The molecule has 0 unspecified atom stereocenters. The zero-order valence-corrected chi connectivity index (χ0v) is 15.7. The molecule has 0 saturated heterocycles. The van der Waals surface area contributed by atoms with E-state index < -0.39 is 23.4 Å². The molecule has 140 valence electrons. The topological polar surface area (TPSA) is 98.9 Å². The molecule has 0 radical (unpaired) electrons. The van der Waals surface area contributed by atoms with Crippen molar-refractivity contribution in [2.24, 2.45) is 0 Å². The number of fused-ring (bicyclic) bond motifs is 1. The van der Waals surface area contributed by atoms with Crippen LogP contribution in [0.5, 0.6) is 0 Å². The average Bonchev–Trinajstić information content (AvgIpc) is 2.85. The molecule has 0 aliphatic rings. The van der Waals surface area contributed by atoms with Gasteiger partial charge in [0.1, 0.15) is 23.0 Å². The molecule has 0 atom stereocenters. The standard InChI is InChI=1S/C18H22N2O6/c1-17(2,3)25-15(22)20(16(23)26-18(4,5)6)14-19-12-9-11(10-21)7-8-13(12)24-14/h7-10H,1-6H3. The van der Waals surface area contributed by atoms with Gasteiger partial charge in [-0.3, -0.25) is 4.79 Å². The van der Waals surface area contributed by atoms with Crippen LogP contribution in [-0.2, 0) is 9.47 Å². The van der Waals surface area contributed by atoms with Crippen LogP contribution >= 0.6 is 0 Å². The Labute approximate surface area is 151 Å². The molecule has 26 heavy (non-hydrogen) atoms. The second kappa shape index (κ2) is 6.78. The van der Waals surface area contributed by atoms with E-state index in [1.807, 2.05) is 0 Å². The van der Waals surface area contributed by atoms with Crippen molar-refractivity contribution in [3.8, 4) is 0 Å². The molecule has 2 aromatic rings. The Hall–Kier alpha value is -2.90. The quantitative estimate of drug-likeness (QED) is 0.734. The van der Waals surface area contributed by atoms with Crippen molar-refractivity contribution in [3.63, 3.8) is 0 Å². The summed E-state index contributed by atoms with van der Waals surface area (Å²) in [6.45, 7) is 10.0. The van der Waals surface area contributed by atoms with E-state index in [-0.39, 0.29) is 6.01 Å². The monoisotopic (exact) mass is 362 g/mol. The third-order valence-electron chi connectivity index (χ3n) is 2.88. The number of aromatic nitrogens is 1. The fourth-order valence-electron chi connectivity index (χ4n) is 1.95. The summed E-state index contributed by atoms with van der Waals surface area (Å²) < 4.78 is 16.0. The molecule has 0 N–H and O–H groups in total. The fraction of sp³-hybridized carbons (Fsp3) is 0.444. The summed E-state index contributed by atoms with van der Waals surface area (Å²) in [7, 11) is 0. The van der Waals surface area contributed by atoms with Crippen LogP contribution in [0, 0.1) is 0 Å². The van der Waals surface area contributed by atoms with Crippen LogP contribution < -0.4 is 4.90 Å². The average molecular weight is 362 g/mol. The Balaban J connectivity index is 2.47. The van der Waals surface area contributed by atoms with Gasteiger partial charge in [0.2, 0.25) is 0 Å². The summed E-state index contributed by atoms with van der Waals surface area (Å²) >= 11 is 0. The summed E-state index contributed by atoms with van der Waals surface area (Å²) in [5.74, 6) is 0. The minimum atomic E-state index is -0.978. The number of oxazole rings is 1. The molecule has 8 nitrogen and oxygen atoms in total. The lowest BCUT2D eigenvalue weighted by Gasteiger charge is -2.26. The molecule has 0 spiro atoms. The summed E-state index contributed by atoms with van der Waals surface area (Å²) in [4.78, 5) is 40.7. The smallest absolute Gasteiger partial charge is 0.428 e. The van der Waals surface area contributed by atoms with Gasteiger partial charge in [-0.15, -0.1) is 4.90 Å². The lowest BCUT2D eigenvalue weighted by atomic mass is 10.2. The predicted octanol–water partition coefficient (Wildman–Crippen LogP) is 4.32. The van der Waals surface area contributed by atoms with E-state index in [4.69, 9.17) is 13.9 Å². The summed E-state index contributed by atoms with van der Waals surface area (Å²) in [6.07, 6.45) is -1.30. The van der Waals surface area contributed by atoms with Crippen molar-refractivity contribution in [1.29, 1.82) is 0 Å². The molecule has 1 aromatic carbocycles. The number of carbonyl (C=O) groups excluding carboxylic acids is 3. The zero-order valence-electron chi connectivity index (χ0n) is 15.7. The van der Waals surface area contributed by atoms with Gasteiger partial charge in [0.25, 0.3) is 0 Å². The zero-order chi connectivity index (χ0) is 19.7. The molecule has 2 rings (SSSR count). The van der Waals surface area contributed by atoms with Gasteiger partial charge in [-0.2, -0.15) is 4.98 Å². The normalized spacial score (nSPS) is 11.9. The summed E-state index contributed by atoms with van der Waals surface area (Å²) in [5.41, 5.74) is -0.662. The van der Waals surface area contributed by atoms with E-state index in [9.17, 15) is 14.4 Å². The highest BCUT2D eigenvalue weighted by molar-refractivity contribution is 6.08. The van der Waals surface area contributed by atoms with Crippen LogP contribution in [0.4, 0.5) is 15.6 Å². The van der Waals surface area contributed by atoms with E-state index in [1.54, 1.807) is 41.5 Å². The van der Waals surface area contributed by atoms with Crippen LogP contribution in [0.2, 0.25) is 0 Å². The predicted molar refractivity (Wildman–Crippen MR) is 94.3 cm³/mol. The Kier molecular flexibility index (Phi) is 5.06. The number of benzene rings is 1. The van der Waals surface area contributed by atoms with E-state index in [0.29, 0.717) is 27.8 Å². The molecule has 1 aromatic heterocycles. The molecule has 8 heteroatoms. The number of imide groups is 1. The van der Waals surface area contributed by atoms with Crippen LogP contribution in [0.3, 0.4) is 0 Å². The van der Waals surface area contributed by atoms with Gasteiger partial charge in [0, 0.05) is 5.56 Å². The van der Waals surface area contributed by atoms with Crippen molar-refractivity contribution in [1.82, 2.24) is 4.98 Å². The van der Waals surface area contributed by atoms with Gasteiger partial charge in [-0.25, -0.2) is 9.59 Å². The van der Waals surface area contributed by atoms with Crippen LogP contribution in [0.1, 0.15) is 51.9 Å². The van der Waals surface area contributed by atoms with Crippen molar-refractivity contribution in [3.05, 3.63) is 23.8 Å². The lowest BCUT2D eigenvalue weighted by molar-refractivity contribution is 0.0420. The van der Waals surface area contributed by atoms with Crippen LogP contribution in [0.15, 0.2) is 22.6 Å². The number of hydrogen-bond donors (Lipinski definition) is 0. The number of anilines is 1. The van der Waals surface area contributed by atoms with Gasteiger partial charge in [-0.1, -0.05) is 0 Å². The maximum absolute atomic E-state index is 12.5. The molecular formula is C18H22N2O6. The molecule has 0 fully saturated rings. The molecule has 1 heterocycles. The molecule has 2 amide bonds. The molecule has 0 bridgehead atoms. The highest BCUT2D eigenvalue weighted by Gasteiger charge is 2.36. The third kappa shape index (κ3) is 4.81. The summed E-state index contributed by atoms with van der Waals surface area (Å²) in [6, 6.07) is 4.25. The molecule has 0 aliphatic heterocycles. The van der Waals surface area contributed by atoms with E-state index in [1.165, 1.54) is 18.2 Å². The number of ether oxygens (including phenoxy) is 2. The van der Waals surface area contributed by atoms with Gasteiger partial charge in [0.15, 0.2) is 5.58 Å². The maximum Gasteiger partial charge on any atom is 0.428 e. The van der Waals surface area contributed by atoms with Crippen LogP contribution in [0.25, 0.3) is 11.1 Å². The number of hydrogen-bond acceptors (Lipinski definition) is 7. The van der Waals surface area contributed by atoms with Gasteiger partial charge >= 0.3 is 18.2 Å². The maximum atomic E-state index is 12.5. The number of amides is 2. The van der Waals surface area contributed by atoms with E-state index in [2.05, 4.69) is 4.98 Å². The number of aldehydes is 1. The first kappa shape index (κ1) is 19.4. The fourth-order valence-corrected chi connectivity index (χ4v) is 1.95. The first-order chi connectivity index (χ1) is 11.9. The van der Waals surface area contributed by atoms with Gasteiger partial charge < -0.3 is 13.9 Å². The van der Waals surface area contributed by atoms with E-state index in [0.717, 1.165) is 0 Å². The minimum Gasteiger partial charge on any atom is -0.443 e. The lowest BCUT2D eigenvalue weighted by Crippen LogP contribution is -2.44. The second-order valence-electron chi connectivity index (χ2n) is 7.64. The first-order valence-electron chi connectivity index (χ1n) is 8.01. The van der Waals surface area contributed by atoms with Crippen molar-refractivity contribution in [2.75, 3.05) is 4.90 Å². The Morgan fingerprint density at radius 1 is 1.04 bits per heavy atom. The van der Waals surface area contributed by atoms with Crippen molar-refractivity contribution >= 4 is 35.6 Å². The Bertz CT molecular complexity index is 813. The Morgan fingerprint density at radius 3 is 2.04 bits per heavy atom. The number of carbonyl (C=O) groups is 3. The second-order valence-corrected chi connectivity index (χ2v) is 7.64. The van der Waals surface area contributed by atoms with Gasteiger partial charge in [-0.05, 0) is 59.7 Å². The number of rotatable bonds is 2. The first-order valence-corrected chi connectivity index (χ1v) is 8.01. The highest BCUT2D eigenvalue weighted by Crippen LogP contribution is 2.26. The molecule has 0 saturated carbocycles. The molecular weight excluding hydrogens is 340 g/mol. The van der Waals surface area contributed by atoms with Gasteiger partial charge in [0.05, 0.1) is 0 Å². The number of nitrogens with zero attached hydrogens (tertiary/aromatic N) is 2. The van der Waals surface area contributed by atoms with Crippen molar-refractivity contribution in [2.45, 2.75) is 52.7 Å². The Morgan fingerprint density at radius 2 is 1.58 bits per heavy atom. The van der Waals surface area contributed by atoms with Crippen LogP contribution in [-0.4, -0.2) is 34.7 Å². The third-order valence-corrected chi connectivity index (χ3v) is 2.88. The van der Waals surface area contributed by atoms with Crippen molar-refractivity contribution < 1.29 is 28.3 Å². The largest absolute Gasteiger partial charge is 0.443 e. The van der Waals surface area contributed by atoms with E-state index >= 15 is 0 Å². The minimum absolute atomic E-state index is 0.299. The SMILES string of the molecule is CC(C)(C)OC(=O)N(C(=O)OC(C)(C)C)c1nc2cc(C=O)ccc2o1. The highest BCUT2D eigenvalue weighted by atomic mass is 16.6.